The highest BCUT2D eigenvalue weighted by atomic mass is 35.5. The van der Waals surface area contributed by atoms with Crippen molar-refractivity contribution in [3.8, 4) is 0 Å². The van der Waals surface area contributed by atoms with Gasteiger partial charge in [0.25, 0.3) is 5.91 Å². The van der Waals surface area contributed by atoms with Crippen molar-refractivity contribution >= 4 is 35.1 Å². The number of halogens is 1. The van der Waals surface area contributed by atoms with E-state index in [2.05, 4.69) is 4.74 Å². The first-order chi connectivity index (χ1) is 16.2. The predicted molar refractivity (Wildman–Crippen MR) is 128 cm³/mol. The quantitative estimate of drug-likeness (QED) is 0.295. The van der Waals surface area contributed by atoms with Gasteiger partial charge in [0.15, 0.2) is 5.60 Å². The Balaban J connectivity index is 1.72. The molecule has 9 heteroatoms. The van der Waals surface area contributed by atoms with E-state index in [4.69, 9.17) is 11.6 Å². The van der Waals surface area contributed by atoms with Crippen LogP contribution in [0.5, 0.6) is 0 Å². The van der Waals surface area contributed by atoms with Crippen LogP contribution in [0.25, 0.3) is 0 Å². The summed E-state index contributed by atoms with van der Waals surface area (Å²) in [4.78, 5) is 40.6. The summed E-state index contributed by atoms with van der Waals surface area (Å²) in [7, 11) is 1.34. The maximum absolute atomic E-state index is 13.4. The first-order valence-electron chi connectivity index (χ1n) is 11.7. The number of nitrogens with zero attached hydrogens (tertiary/aromatic N) is 2. The van der Waals surface area contributed by atoms with Crippen LogP contribution in [0.2, 0.25) is 5.02 Å². The van der Waals surface area contributed by atoms with E-state index in [0.29, 0.717) is 42.2 Å². The molecule has 2 aliphatic rings. The van der Waals surface area contributed by atoms with Crippen LogP contribution in [0.1, 0.15) is 51.0 Å². The van der Waals surface area contributed by atoms with Crippen molar-refractivity contribution in [2.75, 3.05) is 31.7 Å². The smallest absolute Gasteiger partial charge is 0.305 e. The number of amides is 2. The maximum Gasteiger partial charge on any atom is 0.305 e. The topological polar surface area (TPSA) is 107 Å². The maximum atomic E-state index is 13.4. The van der Waals surface area contributed by atoms with Gasteiger partial charge in [-0.3, -0.25) is 14.4 Å². The number of hydrogen-bond donors (Lipinski definition) is 2. The highest BCUT2D eigenvalue weighted by molar-refractivity contribution is 6.31. The zero-order chi connectivity index (χ0) is 24.9. The highest BCUT2D eigenvalue weighted by Crippen LogP contribution is 2.46. The summed E-state index contributed by atoms with van der Waals surface area (Å²) < 4.78 is 4.66. The lowest BCUT2D eigenvalue weighted by Gasteiger charge is -2.28. The van der Waals surface area contributed by atoms with E-state index < -0.39 is 17.4 Å². The second-order valence-corrected chi connectivity index (χ2v) is 9.34. The summed E-state index contributed by atoms with van der Waals surface area (Å²) in [5, 5.41) is 21.5. The van der Waals surface area contributed by atoms with Crippen LogP contribution < -0.4 is 4.90 Å². The van der Waals surface area contributed by atoms with E-state index >= 15 is 0 Å². The van der Waals surface area contributed by atoms with Gasteiger partial charge in [-0.1, -0.05) is 30.7 Å². The van der Waals surface area contributed by atoms with E-state index in [1.807, 2.05) is 0 Å². The standard InChI is InChI=1S/C25H33ClN2O6/c1-17(7-5-9-22(30)27-14-6-8-19(27)16-29)25(33)20-15-18(26)11-12-21(20)28(24(25)32)13-4-3-10-23(31)34-2/h5,7,11-12,15,17,19,29,33H,3-4,6,8-10,13-14,16H2,1-2H3/b7-5+/t17-,19-,25+/m0/s1. The molecule has 1 aromatic carbocycles. The number of anilines is 1. The van der Waals surface area contributed by atoms with Crippen LogP contribution in [-0.4, -0.2) is 65.7 Å². The average Bonchev–Trinajstić information content (AvgIpc) is 3.39. The Morgan fingerprint density at radius 1 is 1.35 bits per heavy atom. The third kappa shape index (κ3) is 5.29. The Kier molecular flexibility index (Phi) is 8.73. The van der Waals surface area contributed by atoms with E-state index in [0.717, 1.165) is 12.8 Å². The summed E-state index contributed by atoms with van der Waals surface area (Å²) in [5.41, 5.74) is -0.792. The van der Waals surface area contributed by atoms with E-state index in [9.17, 15) is 24.6 Å². The SMILES string of the molecule is COC(=O)CCCCN1C(=O)[C@@](O)([C@@H](C)/C=C/CC(=O)N2CCC[C@H]2CO)c2cc(Cl)ccc21. The summed E-state index contributed by atoms with van der Waals surface area (Å²) in [6, 6.07) is 4.86. The highest BCUT2D eigenvalue weighted by Gasteiger charge is 2.52. The molecule has 3 atom stereocenters. The van der Waals surface area contributed by atoms with Gasteiger partial charge < -0.3 is 24.7 Å². The number of carbonyl (C=O) groups excluding carboxylic acids is 3. The Hall–Kier alpha value is -2.42. The van der Waals surface area contributed by atoms with Crippen molar-refractivity contribution in [2.24, 2.45) is 5.92 Å². The van der Waals surface area contributed by atoms with Crippen LogP contribution in [0, 0.1) is 5.92 Å². The Bertz CT molecular complexity index is 951. The largest absolute Gasteiger partial charge is 0.469 e. The zero-order valence-corrected chi connectivity index (χ0v) is 20.5. The molecule has 0 spiro atoms. The van der Waals surface area contributed by atoms with Crippen molar-refractivity contribution in [1.29, 1.82) is 0 Å². The minimum atomic E-state index is -1.82. The molecule has 0 bridgehead atoms. The van der Waals surface area contributed by atoms with Gasteiger partial charge >= 0.3 is 5.97 Å². The van der Waals surface area contributed by atoms with Gasteiger partial charge in [0.1, 0.15) is 0 Å². The van der Waals surface area contributed by atoms with Crippen LogP contribution in [0.15, 0.2) is 30.4 Å². The first kappa shape index (κ1) is 26.2. The van der Waals surface area contributed by atoms with Gasteiger partial charge in [0, 0.05) is 42.4 Å². The third-order valence-corrected chi connectivity index (χ3v) is 6.99. The number of carbonyl (C=O) groups is 3. The van der Waals surface area contributed by atoms with Gasteiger partial charge in [-0.25, -0.2) is 0 Å². The number of unbranched alkanes of at least 4 members (excludes halogenated alkanes) is 1. The molecule has 2 N–H and O–H groups in total. The van der Waals surface area contributed by atoms with E-state index in [1.54, 1.807) is 42.2 Å². The van der Waals surface area contributed by atoms with Crippen LogP contribution in [0.4, 0.5) is 5.69 Å². The van der Waals surface area contributed by atoms with E-state index in [1.165, 1.54) is 12.0 Å². The molecule has 0 aliphatic carbocycles. The number of likely N-dealkylation sites (tertiary alicyclic amines) is 1. The van der Waals surface area contributed by atoms with Gasteiger partial charge in [0.2, 0.25) is 5.91 Å². The molecule has 0 unspecified atom stereocenters. The number of aliphatic hydroxyl groups is 2. The van der Waals surface area contributed by atoms with Crippen LogP contribution >= 0.6 is 11.6 Å². The van der Waals surface area contributed by atoms with Gasteiger partial charge in [0.05, 0.1) is 25.4 Å². The molecule has 2 amide bonds. The Labute approximate surface area is 205 Å². The monoisotopic (exact) mass is 492 g/mol. The summed E-state index contributed by atoms with van der Waals surface area (Å²) in [5.74, 6) is -1.45. The number of methoxy groups -OCH3 is 1. The Morgan fingerprint density at radius 2 is 2.12 bits per heavy atom. The van der Waals surface area contributed by atoms with E-state index in [-0.39, 0.29) is 37.4 Å². The van der Waals surface area contributed by atoms with Crippen LogP contribution in [-0.2, 0) is 24.7 Å². The second-order valence-electron chi connectivity index (χ2n) is 8.90. The lowest BCUT2D eigenvalue weighted by molar-refractivity contribution is -0.140. The molecule has 3 rings (SSSR count). The fourth-order valence-electron chi connectivity index (χ4n) is 4.77. The zero-order valence-electron chi connectivity index (χ0n) is 19.7. The lowest BCUT2D eigenvalue weighted by Crippen LogP contribution is -2.44. The number of fused-ring (bicyclic) bond motifs is 1. The van der Waals surface area contributed by atoms with Gasteiger partial charge in [-0.05, 0) is 43.9 Å². The number of hydrogen-bond acceptors (Lipinski definition) is 6. The minimum Gasteiger partial charge on any atom is -0.469 e. The second kappa shape index (κ2) is 11.3. The molecule has 34 heavy (non-hydrogen) atoms. The summed E-state index contributed by atoms with van der Waals surface area (Å²) >= 11 is 6.19. The molecule has 2 heterocycles. The van der Waals surface area contributed by atoms with Crippen molar-refractivity contribution in [2.45, 2.75) is 57.1 Å². The first-order valence-corrected chi connectivity index (χ1v) is 12.1. The third-order valence-electron chi connectivity index (χ3n) is 6.76. The molecule has 0 saturated carbocycles. The summed E-state index contributed by atoms with van der Waals surface area (Å²) in [6.07, 6.45) is 6.55. The molecule has 8 nitrogen and oxygen atoms in total. The molecule has 1 saturated heterocycles. The van der Waals surface area contributed by atoms with Crippen molar-refractivity contribution in [3.05, 3.63) is 40.9 Å². The molecular weight excluding hydrogens is 460 g/mol. The van der Waals surface area contributed by atoms with Crippen LogP contribution in [0.3, 0.4) is 0 Å². The van der Waals surface area contributed by atoms with Gasteiger partial charge in [-0.15, -0.1) is 0 Å². The van der Waals surface area contributed by atoms with Crippen molar-refractivity contribution in [3.63, 3.8) is 0 Å². The molecule has 0 aromatic heterocycles. The number of ether oxygens (including phenoxy) is 1. The van der Waals surface area contributed by atoms with Crippen molar-refractivity contribution in [1.82, 2.24) is 4.90 Å². The molecule has 1 fully saturated rings. The number of esters is 1. The van der Waals surface area contributed by atoms with Gasteiger partial charge in [-0.2, -0.15) is 0 Å². The summed E-state index contributed by atoms with van der Waals surface area (Å²) in [6.45, 7) is 2.66. The van der Waals surface area contributed by atoms with Crippen molar-refractivity contribution < 1.29 is 29.3 Å². The Morgan fingerprint density at radius 3 is 2.82 bits per heavy atom. The predicted octanol–water partition coefficient (Wildman–Crippen LogP) is 2.78. The molecule has 0 radical (unpaired) electrons. The lowest BCUT2D eigenvalue weighted by atomic mass is 9.83. The number of benzene rings is 1. The molecule has 2 aliphatic heterocycles. The minimum absolute atomic E-state index is 0.0485. The fraction of sp³-hybridized carbons (Fsp3) is 0.560. The average molecular weight is 493 g/mol. The fourth-order valence-corrected chi connectivity index (χ4v) is 4.94. The molecule has 186 valence electrons. The number of rotatable bonds is 10. The molecular formula is C25H33ClN2O6. The molecule has 1 aromatic rings. The normalized spacial score (nSPS) is 23.0. The number of aliphatic hydroxyl groups excluding tert-OH is 1.